The van der Waals surface area contributed by atoms with E-state index in [1.54, 1.807) is 12.1 Å². The van der Waals surface area contributed by atoms with E-state index in [0.29, 0.717) is 34.5 Å². The van der Waals surface area contributed by atoms with Crippen LogP contribution < -0.4 is 20.5 Å². The van der Waals surface area contributed by atoms with Crippen LogP contribution in [-0.2, 0) is 9.59 Å². The Morgan fingerprint density at radius 1 is 1.40 bits per heavy atom. The molecule has 2 heterocycles. The first-order valence-corrected chi connectivity index (χ1v) is 7.13. The minimum Gasteiger partial charge on any atom is -0.454 e. The van der Waals surface area contributed by atoms with E-state index in [1.807, 2.05) is 0 Å². The zero-order valence-corrected chi connectivity index (χ0v) is 11.4. The highest BCUT2D eigenvalue weighted by Crippen LogP contribution is 2.38. The van der Waals surface area contributed by atoms with Crippen molar-refractivity contribution in [3.63, 3.8) is 0 Å². The summed E-state index contributed by atoms with van der Waals surface area (Å²) in [5.41, 5.74) is 6.69. The number of ether oxygens (including phenoxy) is 2. The zero-order valence-electron chi connectivity index (χ0n) is 10.5. The second-order valence-corrected chi connectivity index (χ2v) is 5.37. The molecular weight excluding hydrogens is 282 g/mol. The molecule has 8 heteroatoms. The van der Waals surface area contributed by atoms with Crippen molar-refractivity contribution in [1.29, 1.82) is 0 Å². The maximum atomic E-state index is 11.9. The SMILES string of the molecule is Nc1cc2c(cc1NC(=O)CN1CSCC1=O)OCO2. The smallest absolute Gasteiger partial charge is 0.244 e. The van der Waals surface area contributed by atoms with Crippen molar-refractivity contribution in [3.05, 3.63) is 12.1 Å². The number of amides is 2. The van der Waals surface area contributed by atoms with Crippen molar-refractivity contribution in [2.24, 2.45) is 0 Å². The highest BCUT2D eigenvalue weighted by molar-refractivity contribution is 8.00. The van der Waals surface area contributed by atoms with Gasteiger partial charge in [-0.1, -0.05) is 0 Å². The van der Waals surface area contributed by atoms with Crippen molar-refractivity contribution in [2.75, 3.05) is 36.0 Å². The van der Waals surface area contributed by atoms with E-state index >= 15 is 0 Å². The number of hydrogen-bond donors (Lipinski definition) is 2. The molecule has 2 aliphatic rings. The Kier molecular flexibility index (Phi) is 3.31. The highest BCUT2D eigenvalue weighted by Gasteiger charge is 2.23. The molecule has 3 N–H and O–H groups in total. The van der Waals surface area contributed by atoms with Gasteiger partial charge < -0.3 is 25.4 Å². The molecule has 0 atom stereocenters. The summed E-state index contributed by atoms with van der Waals surface area (Å²) in [5, 5.41) is 2.68. The van der Waals surface area contributed by atoms with Crippen LogP contribution in [-0.4, -0.2) is 41.7 Å². The van der Waals surface area contributed by atoms with Gasteiger partial charge in [0.15, 0.2) is 11.5 Å². The lowest BCUT2D eigenvalue weighted by Crippen LogP contribution is -2.34. The number of rotatable bonds is 3. The summed E-state index contributed by atoms with van der Waals surface area (Å²) in [4.78, 5) is 24.9. The van der Waals surface area contributed by atoms with Gasteiger partial charge in [-0.3, -0.25) is 9.59 Å². The molecular formula is C12H13N3O4S. The predicted octanol–water partition coefficient (Wildman–Crippen LogP) is 0.469. The van der Waals surface area contributed by atoms with Crippen LogP contribution in [0.1, 0.15) is 0 Å². The molecule has 0 unspecified atom stereocenters. The third-order valence-corrected chi connectivity index (χ3v) is 3.92. The predicted molar refractivity (Wildman–Crippen MR) is 74.6 cm³/mol. The number of nitrogens with two attached hydrogens (primary N) is 1. The van der Waals surface area contributed by atoms with Crippen LogP contribution in [0.5, 0.6) is 11.5 Å². The molecule has 3 rings (SSSR count). The van der Waals surface area contributed by atoms with E-state index in [9.17, 15) is 9.59 Å². The molecule has 0 bridgehead atoms. The maximum absolute atomic E-state index is 11.9. The number of anilines is 2. The number of benzene rings is 1. The van der Waals surface area contributed by atoms with Crippen molar-refractivity contribution in [3.8, 4) is 11.5 Å². The number of nitrogens with zero attached hydrogens (tertiary/aromatic N) is 1. The van der Waals surface area contributed by atoms with Gasteiger partial charge in [-0.2, -0.15) is 0 Å². The maximum Gasteiger partial charge on any atom is 0.244 e. The van der Waals surface area contributed by atoms with Crippen LogP contribution >= 0.6 is 11.8 Å². The van der Waals surface area contributed by atoms with Crippen molar-refractivity contribution in [1.82, 2.24) is 4.90 Å². The van der Waals surface area contributed by atoms with Crippen molar-refractivity contribution < 1.29 is 19.1 Å². The fourth-order valence-electron chi connectivity index (χ4n) is 1.97. The molecule has 2 amide bonds. The Bertz CT molecular complexity index is 578. The molecule has 1 fully saturated rings. The van der Waals surface area contributed by atoms with Gasteiger partial charge in [0.05, 0.1) is 23.0 Å². The van der Waals surface area contributed by atoms with Crippen molar-refractivity contribution in [2.45, 2.75) is 0 Å². The first-order chi connectivity index (χ1) is 9.63. The summed E-state index contributed by atoms with van der Waals surface area (Å²) in [6.45, 7) is 0.172. The van der Waals surface area contributed by atoms with Crippen LogP contribution in [0, 0.1) is 0 Å². The van der Waals surface area contributed by atoms with Crippen LogP contribution in [0.25, 0.3) is 0 Å². The Balaban J connectivity index is 1.68. The molecule has 20 heavy (non-hydrogen) atoms. The van der Waals surface area contributed by atoms with E-state index in [4.69, 9.17) is 15.2 Å². The zero-order chi connectivity index (χ0) is 14.1. The summed E-state index contributed by atoms with van der Waals surface area (Å²) in [6.07, 6.45) is 0. The number of carbonyl (C=O) groups excluding carboxylic acids is 2. The van der Waals surface area contributed by atoms with Crippen LogP contribution in [0.3, 0.4) is 0 Å². The number of carbonyl (C=O) groups is 2. The third-order valence-electron chi connectivity index (χ3n) is 2.98. The van der Waals surface area contributed by atoms with Crippen LogP contribution in [0.15, 0.2) is 12.1 Å². The largest absolute Gasteiger partial charge is 0.454 e. The molecule has 1 aromatic rings. The molecule has 0 radical (unpaired) electrons. The Morgan fingerprint density at radius 2 is 2.15 bits per heavy atom. The number of thioether (sulfide) groups is 1. The van der Waals surface area contributed by atoms with Crippen LogP contribution in [0.4, 0.5) is 11.4 Å². The van der Waals surface area contributed by atoms with Gasteiger partial charge in [-0.15, -0.1) is 11.8 Å². The number of fused-ring (bicyclic) bond motifs is 1. The summed E-state index contributed by atoms with van der Waals surface area (Å²) in [7, 11) is 0. The van der Waals surface area contributed by atoms with Gasteiger partial charge in [0.2, 0.25) is 18.6 Å². The first kappa shape index (κ1) is 12.9. The fraction of sp³-hybridized carbons (Fsp3) is 0.333. The Morgan fingerprint density at radius 3 is 2.85 bits per heavy atom. The topological polar surface area (TPSA) is 93.9 Å². The average Bonchev–Trinajstić information content (AvgIpc) is 2.99. The summed E-state index contributed by atoms with van der Waals surface area (Å²) < 4.78 is 10.4. The van der Waals surface area contributed by atoms with Gasteiger partial charge in [0, 0.05) is 12.1 Å². The second kappa shape index (κ2) is 5.12. The van der Waals surface area contributed by atoms with E-state index in [-0.39, 0.29) is 25.2 Å². The Labute approximate surface area is 119 Å². The molecule has 0 aliphatic carbocycles. The van der Waals surface area contributed by atoms with E-state index in [0.717, 1.165) is 0 Å². The number of nitrogens with one attached hydrogen (secondary N) is 1. The summed E-state index contributed by atoms with van der Waals surface area (Å²) >= 11 is 1.49. The van der Waals surface area contributed by atoms with E-state index in [1.165, 1.54) is 16.7 Å². The number of hydrogen-bond acceptors (Lipinski definition) is 6. The lowest BCUT2D eigenvalue weighted by molar-refractivity contribution is -0.130. The van der Waals surface area contributed by atoms with Gasteiger partial charge in [-0.05, 0) is 0 Å². The normalized spacial score (nSPS) is 16.6. The standard InChI is InChI=1S/C12H13N3O4S/c13-7-1-9-10(19-6-18-9)2-8(7)14-11(16)3-15-5-20-4-12(15)17/h1-2H,3-6,13H2,(H,14,16). The molecule has 0 saturated carbocycles. The van der Waals surface area contributed by atoms with Gasteiger partial charge in [0.1, 0.15) is 6.54 Å². The third kappa shape index (κ3) is 2.46. The second-order valence-electron chi connectivity index (χ2n) is 4.41. The van der Waals surface area contributed by atoms with Crippen molar-refractivity contribution >= 4 is 35.0 Å². The highest BCUT2D eigenvalue weighted by atomic mass is 32.2. The average molecular weight is 295 g/mol. The molecule has 1 saturated heterocycles. The molecule has 1 aromatic carbocycles. The summed E-state index contributed by atoms with van der Waals surface area (Å²) in [5.74, 6) is 1.77. The minimum absolute atomic E-state index is 0.0243. The number of nitrogen functional groups attached to an aromatic ring is 1. The lowest BCUT2D eigenvalue weighted by atomic mass is 10.2. The molecule has 0 spiro atoms. The van der Waals surface area contributed by atoms with Crippen LogP contribution in [0.2, 0.25) is 0 Å². The molecule has 7 nitrogen and oxygen atoms in total. The quantitative estimate of drug-likeness (QED) is 0.787. The molecule has 2 aliphatic heterocycles. The van der Waals surface area contributed by atoms with Gasteiger partial charge in [0.25, 0.3) is 0 Å². The first-order valence-electron chi connectivity index (χ1n) is 5.98. The summed E-state index contributed by atoms with van der Waals surface area (Å²) in [6, 6.07) is 3.23. The molecule has 0 aromatic heterocycles. The van der Waals surface area contributed by atoms with E-state index < -0.39 is 0 Å². The van der Waals surface area contributed by atoms with Gasteiger partial charge in [-0.25, -0.2) is 0 Å². The van der Waals surface area contributed by atoms with E-state index in [2.05, 4.69) is 5.32 Å². The minimum atomic E-state index is -0.286. The molecule has 106 valence electrons. The monoisotopic (exact) mass is 295 g/mol. The lowest BCUT2D eigenvalue weighted by Gasteiger charge is -2.15. The Hall–Kier alpha value is -2.09. The van der Waals surface area contributed by atoms with Gasteiger partial charge >= 0.3 is 0 Å². The fourth-order valence-corrected chi connectivity index (χ4v) is 2.87.